The number of anilines is 1. The molecule has 2 aromatic carbocycles. The molecular weight excluding hydrogens is 331 g/mol. The maximum absolute atomic E-state index is 12.9. The Balaban J connectivity index is 2.27. The first kappa shape index (κ1) is 18.8. The first-order valence-corrected chi connectivity index (χ1v) is 7.90. The van der Waals surface area contributed by atoms with E-state index in [1.54, 1.807) is 6.92 Å². The molecule has 6 heteroatoms. The minimum Gasteiger partial charge on any atom is -0.489 e. The number of rotatable bonds is 5. The Morgan fingerprint density at radius 2 is 1.84 bits per heavy atom. The molecule has 134 valence electrons. The summed E-state index contributed by atoms with van der Waals surface area (Å²) in [5, 5.41) is 2.51. The molecule has 1 N–H and O–H groups in total. The van der Waals surface area contributed by atoms with Crippen LogP contribution in [0.5, 0.6) is 5.75 Å². The number of carbonyl (C=O) groups excluding carboxylic acids is 1. The second kappa shape index (κ2) is 7.59. The first-order valence-electron chi connectivity index (χ1n) is 7.90. The smallest absolute Gasteiger partial charge is 0.416 e. The van der Waals surface area contributed by atoms with Gasteiger partial charge >= 0.3 is 6.18 Å². The molecule has 0 atom stereocenters. The highest BCUT2D eigenvalue weighted by Crippen LogP contribution is 2.33. The third-order valence-electron chi connectivity index (χ3n) is 3.75. The van der Waals surface area contributed by atoms with E-state index in [0.29, 0.717) is 11.3 Å². The van der Waals surface area contributed by atoms with Crippen LogP contribution in [-0.4, -0.2) is 5.91 Å². The van der Waals surface area contributed by atoms with Crippen molar-refractivity contribution in [2.75, 3.05) is 5.32 Å². The van der Waals surface area contributed by atoms with Crippen molar-refractivity contribution in [3.8, 4) is 5.75 Å². The van der Waals surface area contributed by atoms with Crippen molar-refractivity contribution >= 4 is 11.6 Å². The van der Waals surface area contributed by atoms with Gasteiger partial charge in [-0.25, -0.2) is 0 Å². The van der Waals surface area contributed by atoms with Crippen LogP contribution in [0.3, 0.4) is 0 Å². The number of aryl methyl sites for hydroxylation is 2. The van der Waals surface area contributed by atoms with Crippen molar-refractivity contribution < 1.29 is 22.7 Å². The summed E-state index contributed by atoms with van der Waals surface area (Å²) in [6.07, 6.45) is -4.30. The molecule has 2 aromatic rings. The Morgan fingerprint density at radius 3 is 2.44 bits per heavy atom. The van der Waals surface area contributed by atoms with Gasteiger partial charge in [0.25, 0.3) is 0 Å². The third-order valence-corrected chi connectivity index (χ3v) is 3.75. The molecule has 0 bridgehead atoms. The summed E-state index contributed by atoms with van der Waals surface area (Å²) in [5.74, 6) is 0.297. The van der Waals surface area contributed by atoms with Crippen molar-refractivity contribution in [2.45, 2.75) is 40.0 Å². The van der Waals surface area contributed by atoms with Crippen molar-refractivity contribution in [1.82, 2.24) is 0 Å². The zero-order chi connectivity index (χ0) is 18.6. The van der Waals surface area contributed by atoms with E-state index in [0.717, 1.165) is 23.3 Å². The molecule has 0 aliphatic carbocycles. The number of hydrogen-bond acceptors (Lipinski definition) is 2. The molecule has 1 amide bonds. The van der Waals surface area contributed by atoms with Crippen molar-refractivity contribution in [2.24, 2.45) is 0 Å². The molecule has 0 aliphatic heterocycles. The topological polar surface area (TPSA) is 38.3 Å². The van der Waals surface area contributed by atoms with Crippen LogP contribution in [0, 0.1) is 13.8 Å². The van der Waals surface area contributed by atoms with Crippen molar-refractivity contribution in [3.63, 3.8) is 0 Å². The van der Waals surface area contributed by atoms with Crippen LogP contribution in [-0.2, 0) is 17.6 Å². The van der Waals surface area contributed by atoms with E-state index in [-0.39, 0.29) is 24.6 Å². The van der Waals surface area contributed by atoms with Gasteiger partial charge in [0, 0.05) is 17.7 Å². The maximum Gasteiger partial charge on any atom is 0.416 e. The summed E-state index contributed by atoms with van der Waals surface area (Å²) >= 11 is 0. The van der Waals surface area contributed by atoms with Gasteiger partial charge in [0.1, 0.15) is 12.4 Å². The van der Waals surface area contributed by atoms with Crippen LogP contribution in [0.4, 0.5) is 18.9 Å². The van der Waals surface area contributed by atoms with Crippen LogP contribution < -0.4 is 10.1 Å². The average Bonchev–Trinajstić information content (AvgIpc) is 2.53. The Hall–Kier alpha value is -2.50. The van der Waals surface area contributed by atoms with E-state index < -0.39 is 11.7 Å². The van der Waals surface area contributed by atoms with Crippen LogP contribution in [0.25, 0.3) is 0 Å². The fraction of sp³-hybridized carbons (Fsp3) is 0.316. The number of ether oxygens (including phenoxy) is 1. The molecule has 0 radical (unpaired) electrons. The lowest BCUT2D eigenvalue weighted by atomic mass is 10.1. The lowest BCUT2D eigenvalue weighted by Crippen LogP contribution is -2.14. The first-order chi connectivity index (χ1) is 11.7. The van der Waals surface area contributed by atoms with Gasteiger partial charge in [-0.1, -0.05) is 30.7 Å². The standard InChI is InChI=1S/C19H20F3NO2/c1-4-18(24)23-16-10-15(19(20,21)22)7-6-14(16)11-25-17-8-5-12(2)9-13(17)3/h5-10H,4,11H2,1-3H3,(H,23,24). The van der Waals surface area contributed by atoms with Gasteiger partial charge in [0.2, 0.25) is 5.91 Å². The lowest BCUT2D eigenvalue weighted by Gasteiger charge is -2.16. The zero-order valence-electron chi connectivity index (χ0n) is 14.3. The predicted molar refractivity (Wildman–Crippen MR) is 90.6 cm³/mol. The van der Waals surface area contributed by atoms with Gasteiger partial charge < -0.3 is 10.1 Å². The monoisotopic (exact) mass is 351 g/mol. The normalized spacial score (nSPS) is 11.3. The van der Waals surface area contributed by atoms with Crippen LogP contribution in [0.2, 0.25) is 0 Å². The van der Waals surface area contributed by atoms with Crippen LogP contribution in [0.15, 0.2) is 36.4 Å². The molecular formula is C19H20F3NO2. The fourth-order valence-corrected chi connectivity index (χ4v) is 2.35. The Bertz CT molecular complexity index is 770. The van der Waals surface area contributed by atoms with Gasteiger partial charge in [0.05, 0.1) is 5.56 Å². The molecule has 0 aliphatic rings. The Kier molecular flexibility index (Phi) is 5.72. The SMILES string of the molecule is CCC(=O)Nc1cc(C(F)(F)F)ccc1COc1ccc(C)cc1C. The molecule has 2 rings (SSSR count). The van der Waals surface area contributed by atoms with Crippen molar-refractivity contribution in [1.29, 1.82) is 0 Å². The van der Waals surface area contributed by atoms with Gasteiger partial charge in [0.15, 0.2) is 0 Å². The molecule has 3 nitrogen and oxygen atoms in total. The molecule has 25 heavy (non-hydrogen) atoms. The van der Waals surface area contributed by atoms with Crippen LogP contribution in [0.1, 0.15) is 35.6 Å². The van der Waals surface area contributed by atoms with E-state index in [1.165, 1.54) is 6.07 Å². The lowest BCUT2D eigenvalue weighted by molar-refractivity contribution is -0.137. The Labute approximate surface area is 144 Å². The van der Waals surface area contributed by atoms with E-state index in [2.05, 4.69) is 5.32 Å². The highest BCUT2D eigenvalue weighted by Gasteiger charge is 2.31. The number of benzene rings is 2. The summed E-state index contributed by atoms with van der Waals surface area (Å²) in [6.45, 7) is 5.55. The van der Waals surface area contributed by atoms with Crippen LogP contribution >= 0.6 is 0 Å². The summed E-state index contributed by atoms with van der Waals surface area (Å²) in [5.41, 5.74) is 1.82. The molecule has 0 spiro atoms. The molecule has 0 saturated heterocycles. The van der Waals surface area contributed by atoms with E-state index >= 15 is 0 Å². The second-order valence-corrected chi connectivity index (χ2v) is 5.83. The molecule has 0 fully saturated rings. The largest absolute Gasteiger partial charge is 0.489 e. The van der Waals surface area contributed by atoms with Gasteiger partial charge in [-0.15, -0.1) is 0 Å². The summed E-state index contributed by atoms with van der Waals surface area (Å²) in [7, 11) is 0. The number of nitrogens with one attached hydrogen (secondary N) is 1. The summed E-state index contributed by atoms with van der Waals surface area (Å²) in [6, 6.07) is 8.93. The summed E-state index contributed by atoms with van der Waals surface area (Å²) in [4.78, 5) is 11.6. The van der Waals surface area contributed by atoms with E-state index in [1.807, 2.05) is 32.0 Å². The molecule has 0 aromatic heterocycles. The highest BCUT2D eigenvalue weighted by atomic mass is 19.4. The quantitative estimate of drug-likeness (QED) is 0.799. The van der Waals surface area contributed by atoms with Gasteiger partial charge in [-0.3, -0.25) is 4.79 Å². The van der Waals surface area contributed by atoms with E-state index in [9.17, 15) is 18.0 Å². The Morgan fingerprint density at radius 1 is 1.12 bits per heavy atom. The minimum absolute atomic E-state index is 0.0569. The third kappa shape index (κ3) is 4.98. The number of halogens is 3. The highest BCUT2D eigenvalue weighted by molar-refractivity contribution is 5.91. The average molecular weight is 351 g/mol. The number of hydrogen-bond donors (Lipinski definition) is 1. The number of alkyl halides is 3. The molecule has 0 heterocycles. The number of amides is 1. The second-order valence-electron chi connectivity index (χ2n) is 5.83. The van der Waals surface area contributed by atoms with Crippen molar-refractivity contribution in [3.05, 3.63) is 58.7 Å². The summed E-state index contributed by atoms with van der Waals surface area (Å²) < 4.78 is 44.5. The fourth-order valence-electron chi connectivity index (χ4n) is 2.35. The molecule has 0 unspecified atom stereocenters. The van der Waals surface area contributed by atoms with Gasteiger partial charge in [-0.2, -0.15) is 13.2 Å². The number of carbonyl (C=O) groups is 1. The van der Waals surface area contributed by atoms with E-state index in [4.69, 9.17) is 4.74 Å². The van der Waals surface area contributed by atoms with Gasteiger partial charge in [-0.05, 0) is 37.6 Å². The zero-order valence-corrected chi connectivity index (χ0v) is 14.3. The predicted octanol–water partition coefficient (Wildman–Crippen LogP) is 5.25. The minimum atomic E-state index is -4.47. The molecule has 0 saturated carbocycles. The maximum atomic E-state index is 12.9.